The molecule has 0 amide bonds. The number of nitrogens with one attached hydrogen (secondary N) is 1. The zero-order chi connectivity index (χ0) is 13.2. The fourth-order valence-electron chi connectivity index (χ4n) is 1.93. The van der Waals surface area contributed by atoms with Gasteiger partial charge in [-0.15, -0.1) is 0 Å². The summed E-state index contributed by atoms with van der Waals surface area (Å²) in [5, 5.41) is 0.416. The Morgan fingerprint density at radius 3 is 2.63 bits per heavy atom. The van der Waals surface area contributed by atoms with E-state index in [1.54, 1.807) is 30.3 Å². The van der Waals surface area contributed by atoms with Gasteiger partial charge in [-0.25, -0.2) is 4.98 Å². The van der Waals surface area contributed by atoms with E-state index in [0.29, 0.717) is 28.3 Å². The summed E-state index contributed by atoms with van der Waals surface area (Å²) in [5.74, 6) is -0.0321. The number of rotatable bonds is 3. The Kier molecular flexibility index (Phi) is 3.06. The van der Waals surface area contributed by atoms with Gasteiger partial charge in [-0.3, -0.25) is 4.79 Å². The van der Waals surface area contributed by atoms with Crippen molar-refractivity contribution >= 4 is 28.9 Å². The largest absolute Gasteiger partial charge is 0.331 e. The van der Waals surface area contributed by atoms with Crippen LogP contribution in [0.5, 0.6) is 0 Å². The number of hydrogen-bond donors (Lipinski definition) is 2. The number of carbonyl (C=O) groups excluding carboxylic acids is 1. The minimum atomic E-state index is -0.0321. The summed E-state index contributed by atoms with van der Waals surface area (Å²) in [6, 6.07) is 14.4. The Labute approximate surface area is 113 Å². The number of imidazole rings is 1. The maximum Gasteiger partial charge on any atom is 0.193 e. The van der Waals surface area contributed by atoms with Gasteiger partial charge < -0.3 is 9.54 Å². The third kappa shape index (κ3) is 2.25. The molecule has 0 bridgehead atoms. The number of benzene rings is 2. The molecule has 0 fully saturated rings. The molecule has 1 aromatic heterocycles. The smallest absolute Gasteiger partial charge is 0.193 e. The van der Waals surface area contributed by atoms with Crippen LogP contribution in [-0.2, 0) is 0 Å². The van der Waals surface area contributed by atoms with Crippen LogP contribution < -0.4 is 0 Å². The molecule has 1 heterocycles. The lowest BCUT2D eigenvalue weighted by Crippen LogP contribution is -2.00. The number of hydrogen-bond acceptors (Lipinski definition) is 4. The summed E-state index contributed by atoms with van der Waals surface area (Å²) in [4.78, 5) is 19.4. The second-order valence-corrected chi connectivity index (χ2v) is 4.63. The minimum Gasteiger partial charge on any atom is -0.331 e. The number of aromatic nitrogens is 2. The number of fused-ring (bicyclic) bond motifs is 1. The fraction of sp³-hybridized carbons (Fsp3) is 0. The van der Waals surface area contributed by atoms with Gasteiger partial charge in [0.25, 0.3) is 0 Å². The molecule has 0 radical (unpaired) electrons. The van der Waals surface area contributed by atoms with Crippen molar-refractivity contribution in [3.8, 4) is 0 Å². The Morgan fingerprint density at radius 2 is 1.89 bits per heavy atom. The first-order chi connectivity index (χ1) is 9.28. The van der Waals surface area contributed by atoms with Crippen molar-refractivity contribution in [2.75, 3.05) is 0 Å². The fourth-order valence-corrected chi connectivity index (χ4v) is 2.22. The SMILES string of the molecule is O=C(c1ccccc1)c1ccc2nc(SO)[nH]c2c1. The second kappa shape index (κ2) is 4.87. The van der Waals surface area contributed by atoms with Gasteiger partial charge >= 0.3 is 0 Å². The summed E-state index contributed by atoms with van der Waals surface area (Å²) < 4.78 is 8.95. The normalized spacial score (nSPS) is 10.8. The number of aromatic amines is 1. The first-order valence-electron chi connectivity index (χ1n) is 5.69. The van der Waals surface area contributed by atoms with Crippen LogP contribution in [0.1, 0.15) is 15.9 Å². The summed E-state index contributed by atoms with van der Waals surface area (Å²) in [6.07, 6.45) is 0. The van der Waals surface area contributed by atoms with Crippen molar-refractivity contribution in [3.63, 3.8) is 0 Å². The van der Waals surface area contributed by atoms with Crippen LogP contribution in [0, 0.1) is 0 Å². The van der Waals surface area contributed by atoms with Crippen molar-refractivity contribution in [1.29, 1.82) is 0 Å². The van der Waals surface area contributed by atoms with Gasteiger partial charge in [-0.2, -0.15) is 0 Å². The maximum absolute atomic E-state index is 12.3. The van der Waals surface area contributed by atoms with Gasteiger partial charge in [0.05, 0.1) is 23.1 Å². The Balaban J connectivity index is 2.03. The lowest BCUT2D eigenvalue weighted by atomic mass is 10.0. The quantitative estimate of drug-likeness (QED) is 0.565. The van der Waals surface area contributed by atoms with Crippen LogP contribution in [-0.4, -0.2) is 20.3 Å². The van der Waals surface area contributed by atoms with E-state index in [4.69, 9.17) is 4.55 Å². The van der Waals surface area contributed by atoms with Crippen molar-refractivity contribution in [1.82, 2.24) is 9.97 Å². The molecule has 0 saturated heterocycles. The highest BCUT2D eigenvalue weighted by Crippen LogP contribution is 2.20. The minimum absolute atomic E-state index is 0.0321. The standard InChI is InChI=1S/C14H10N2O2S/c17-13(9-4-2-1-3-5-9)10-6-7-11-12(8-10)16-14(15-11)19-18/h1-8,18H,(H,15,16). The molecule has 0 aliphatic heterocycles. The molecule has 0 unspecified atom stereocenters. The summed E-state index contributed by atoms with van der Waals surface area (Å²) >= 11 is 0.554. The van der Waals surface area contributed by atoms with Crippen molar-refractivity contribution in [3.05, 3.63) is 59.7 Å². The number of carbonyl (C=O) groups is 1. The zero-order valence-electron chi connectivity index (χ0n) is 9.83. The third-order valence-electron chi connectivity index (χ3n) is 2.84. The molecule has 2 aromatic carbocycles. The Hall–Kier alpha value is -2.11. The summed E-state index contributed by atoms with van der Waals surface area (Å²) in [5.41, 5.74) is 2.70. The Morgan fingerprint density at radius 1 is 1.11 bits per heavy atom. The maximum atomic E-state index is 12.3. The highest BCUT2D eigenvalue weighted by Gasteiger charge is 2.10. The molecule has 94 valence electrons. The average molecular weight is 270 g/mol. The van der Waals surface area contributed by atoms with E-state index < -0.39 is 0 Å². The lowest BCUT2D eigenvalue weighted by Gasteiger charge is -2.00. The molecule has 0 aliphatic rings. The molecular formula is C14H10N2O2S. The van der Waals surface area contributed by atoms with E-state index >= 15 is 0 Å². The monoisotopic (exact) mass is 270 g/mol. The molecule has 3 rings (SSSR count). The summed E-state index contributed by atoms with van der Waals surface area (Å²) in [6.45, 7) is 0. The molecular weight excluding hydrogens is 260 g/mol. The average Bonchev–Trinajstić information content (AvgIpc) is 2.89. The highest BCUT2D eigenvalue weighted by atomic mass is 32.2. The van der Waals surface area contributed by atoms with E-state index in [1.807, 2.05) is 18.2 Å². The number of ketones is 1. The van der Waals surface area contributed by atoms with Gasteiger partial charge in [0.15, 0.2) is 10.9 Å². The molecule has 0 atom stereocenters. The number of nitrogens with zero attached hydrogens (tertiary/aromatic N) is 1. The van der Waals surface area contributed by atoms with Crippen LogP contribution >= 0.6 is 12.0 Å². The van der Waals surface area contributed by atoms with Crippen molar-refractivity contribution < 1.29 is 9.35 Å². The van der Waals surface area contributed by atoms with E-state index in [-0.39, 0.29) is 5.78 Å². The highest BCUT2D eigenvalue weighted by molar-refractivity contribution is 7.93. The van der Waals surface area contributed by atoms with E-state index in [0.717, 1.165) is 11.0 Å². The predicted molar refractivity (Wildman–Crippen MR) is 74.5 cm³/mol. The van der Waals surface area contributed by atoms with Gasteiger partial charge in [0.2, 0.25) is 0 Å². The molecule has 2 N–H and O–H groups in total. The van der Waals surface area contributed by atoms with Gasteiger partial charge in [-0.05, 0) is 18.2 Å². The van der Waals surface area contributed by atoms with Crippen LogP contribution in [0.4, 0.5) is 0 Å². The summed E-state index contributed by atoms with van der Waals surface area (Å²) in [7, 11) is 0. The van der Waals surface area contributed by atoms with E-state index in [1.165, 1.54) is 0 Å². The van der Waals surface area contributed by atoms with Crippen molar-refractivity contribution in [2.24, 2.45) is 0 Å². The van der Waals surface area contributed by atoms with Gasteiger partial charge in [-0.1, -0.05) is 30.3 Å². The zero-order valence-corrected chi connectivity index (χ0v) is 10.6. The topological polar surface area (TPSA) is 66.0 Å². The molecule has 4 nitrogen and oxygen atoms in total. The van der Waals surface area contributed by atoms with E-state index in [9.17, 15) is 4.79 Å². The van der Waals surface area contributed by atoms with Crippen molar-refractivity contribution in [2.45, 2.75) is 5.16 Å². The lowest BCUT2D eigenvalue weighted by molar-refractivity contribution is 0.103. The predicted octanol–water partition coefficient (Wildman–Crippen LogP) is 3.36. The first-order valence-corrected chi connectivity index (χ1v) is 6.46. The number of H-pyrrole nitrogens is 1. The molecule has 0 aliphatic carbocycles. The molecule has 0 saturated carbocycles. The van der Waals surface area contributed by atoms with Crippen LogP contribution in [0.25, 0.3) is 11.0 Å². The van der Waals surface area contributed by atoms with Crippen LogP contribution in [0.2, 0.25) is 0 Å². The second-order valence-electron chi connectivity index (χ2n) is 4.06. The van der Waals surface area contributed by atoms with Crippen LogP contribution in [0.15, 0.2) is 53.7 Å². The van der Waals surface area contributed by atoms with Crippen LogP contribution in [0.3, 0.4) is 0 Å². The Bertz CT molecular complexity index is 738. The van der Waals surface area contributed by atoms with Gasteiger partial charge in [0.1, 0.15) is 0 Å². The molecule has 3 aromatic rings. The third-order valence-corrected chi connectivity index (χ3v) is 3.21. The molecule has 5 heteroatoms. The van der Waals surface area contributed by atoms with E-state index in [2.05, 4.69) is 9.97 Å². The molecule has 19 heavy (non-hydrogen) atoms. The first kappa shape index (κ1) is 12.0. The molecule has 0 spiro atoms. The van der Waals surface area contributed by atoms with Gasteiger partial charge in [0, 0.05) is 11.1 Å².